The normalized spacial score (nSPS) is 23.2. The maximum Gasteiger partial charge on any atom is 0.343 e. The molecule has 6 aliphatic rings. The van der Waals surface area contributed by atoms with Crippen molar-refractivity contribution in [3.63, 3.8) is 0 Å². The number of thiophene rings is 1. The van der Waals surface area contributed by atoms with Gasteiger partial charge in [-0.15, -0.1) is 11.3 Å². The van der Waals surface area contributed by atoms with Crippen LogP contribution in [0, 0.1) is 23.0 Å². The summed E-state index contributed by atoms with van der Waals surface area (Å²) in [4.78, 5) is 61.5. The summed E-state index contributed by atoms with van der Waals surface area (Å²) in [6.45, 7) is 9.54. The number of piperazine rings is 1. The molecule has 7 aromatic rings. The summed E-state index contributed by atoms with van der Waals surface area (Å²) < 4.78 is 67.2. The third-order valence-electron chi connectivity index (χ3n) is 17.1. The van der Waals surface area contributed by atoms with E-state index in [-0.39, 0.29) is 127 Å². The molecule has 4 fully saturated rings. The number of carbonyl (C=O) groups excluding carboxylic acids is 2. The van der Waals surface area contributed by atoms with Crippen molar-refractivity contribution in [2.75, 3.05) is 50.0 Å². The summed E-state index contributed by atoms with van der Waals surface area (Å²) >= 11 is 7.92. The van der Waals surface area contributed by atoms with Crippen LogP contribution in [0.1, 0.15) is 80.2 Å². The van der Waals surface area contributed by atoms with Crippen molar-refractivity contribution >= 4 is 77.5 Å². The van der Waals surface area contributed by atoms with Crippen LogP contribution in [0.15, 0.2) is 59.4 Å². The van der Waals surface area contributed by atoms with Crippen molar-refractivity contribution < 1.29 is 42.1 Å². The molecule has 2 bridgehead atoms. The number of nitriles is 1. The maximum absolute atomic E-state index is 17.5. The lowest BCUT2D eigenvalue weighted by Gasteiger charge is -2.42. The van der Waals surface area contributed by atoms with Gasteiger partial charge in [0.15, 0.2) is 11.4 Å². The Bertz CT molecular complexity index is 3910. The Kier molecular flexibility index (Phi) is 11.8. The van der Waals surface area contributed by atoms with Gasteiger partial charge in [0.05, 0.1) is 61.9 Å². The summed E-state index contributed by atoms with van der Waals surface area (Å²) in [7, 11) is 0. The molecule has 3 aromatic carbocycles. The highest BCUT2D eigenvalue weighted by atomic mass is 35.5. The summed E-state index contributed by atoms with van der Waals surface area (Å²) in [5, 5.41) is 22.7. The predicted octanol–water partition coefficient (Wildman–Crippen LogP) is 8.62. The lowest BCUT2D eigenvalue weighted by Crippen LogP contribution is -2.56. The van der Waals surface area contributed by atoms with Crippen LogP contribution < -0.4 is 25.7 Å². The number of pyridine rings is 2. The number of nitrogens with zero attached hydrogens (tertiary/aromatic N) is 8. The first kappa shape index (κ1) is 50.2. The van der Waals surface area contributed by atoms with Crippen molar-refractivity contribution in [1.82, 2.24) is 29.3 Å². The van der Waals surface area contributed by atoms with Crippen LogP contribution in [0.5, 0.6) is 11.8 Å². The lowest BCUT2D eigenvalue weighted by molar-refractivity contribution is -0.172. The van der Waals surface area contributed by atoms with Gasteiger partial charge in [0, 0.05) is 64.5 Å². The second-order valence-electron chi connectivity index (χ2n) is 21.3. The van der Waals surface area contributed by atoms with Crippen molar-refractivity contribution in [3.05, 3.63) is 109 Å². The number of nitrogen functional groups attached to an aromatic ring is 1. The number of fused-ring (bicyclic) bond motifs is 10. The van der Waals surface area contributed by atoms with E-state index in [1.807, 2.05) is 34.9 Å². The molecule has 6 aliphatic heterocycles. The molecule has 78 heavy (non-hydrogen) atoms. The number of benzene rings is 3. The number of alkyl halides is 1. The lowest BCUT2D eigenvalue weighted by atomic mass is 9.86. The molecule has 1 amide bonds. The molecule has 3 N–H and O–H groups in total. The highest BCUT2D eigenvalue weighted by Gasteiger charge is 2.50. The molecule has 4 aromatic heterocycles. The minimum Gasteiger partial charge on any atom is -0.489 e. The number of carbonyl (C=O) groups is 2. The predicted molar refractivity (Wildman–Crippen MR) is 287 cm³/mol. The maximum atomic E-state index is 17.5. The standard InChI is InChI=1S/C57H51ClF3N9O7S/c1-4-32-34-15-31(9-12-42(34)64-47-37(32)23-69-43(47)17-39-38(53(69)72)25-76-54(73)57(39,74)5-2)75-24-27(3)52(71)70-29-7-8-30(70)22-67(21-29)51-35-16-40(58)45(33-10-11-41(60)49-44(33)36(19-62)50(63)78-49)46(61)48(35)65-55(66-51)77-26-56-13-6-14-68(56)20-28(59)18-56/h9-12,15-17,28-30,74H,3-8,13-14,18,20-26,63H2,1-2H3/t28-,29?,30?,56+,57+/m1/s1. The van der Waals surface area contributed by atoms with Gasteiger partial charge in [-0.3, -0.25) is 14.5 Å². The minimum atomic E-state index is -1.94. The quantitative estimate of drug-likeness (QED) is 0.0921. The molecule has 0 spiro atoms. The van der Waals surface area contributed by atoms with Crippen LogP contribution >= 0.6 is 22.9 Å². The molecule has 2 unspecified atom stereocenters. The van der Waals surface area contributed by atoms with Gasteiger partial charge in [0.1, 0.15) is 60.0 Å². The topological polar surface area (TPSA) is 202 Å². The number of nitrogens with two attached hydrogens (primary N) is 1. The zero-order valence-electron chi connectivity index (χ0n) is 42.6. The van der Waals surface area contributed by atoms with Crippen LogP contribution in [0.25, 0.3) is 54.4 Å². The van der Waals surface area contributed by atoms with Gasteiger partial charge >= 0.3 is 12.0 Å². The molecule has 400 valence electrons. The Labute approximate surface area is 453 Å². The van der Waals surface area contributed by atoms with E-state index in [0.29, 0.717) is 73.8 Å². The number of hydrogen-bond donors (Lipinski definition) is 2. The monoisotopic (exact) mass is 1100 g/mol. The molecule has 13 rings (SSSR count). The van der Waals surface area contributed by atoms with Gasteiger partial charge in [-0.1, -0.05) is 38.1 Å². The van der Waals surface area contributed by atoms with Crippen LogP contribution in [0.2, 0.25) is 5.02 Å². The van der Waals surface area contributed by atoms with E-state index in [4.69, 9.17) is 41.5 Å². The number of aryl methyl sites for hydroxylation is 1. The fourth-order valence-electron chi connectivity index (χ4n) is 13.3. The van der Waals surface area contributed by atoms with Gasteiger partial charge < -0.3 is 39.4 Å². The molecule has 21 heteroatoms. The Morgan fingerprint density at radius 3 is 2.60 bits per heavy atom. The summed E-state index contributed by atoms with van der Waals surface area (Å²) in [6.07, 6.45) is 2.88. The van der Waals surface area contributed by atoms with Crippen molar-refractivity contribution in [1.29, 1.82) is 5.26 Å². The first-order valence-electron chi connectivity index (χ1n) is 26.2. The third-order valence-corrected chi connectivity index (χ3v) is 18.5. The number of esters is 1. The Hall–Kier alpha value is -7.31. The Morgan fingerprint density at radius 1 is 1.05 bits per heavy atom. The fraction of sp³-hybridized carbons (Fsp3) is 0.386. The Balaban J connectivity index is 0.772. The third kappa shape index (κ3) is 7.51. The highest BCUT2D eigenvalue weighted by molar-refractivity contribution is 7.23. The molecule has 10 heterocycles. The first-order chi connectivity index (χ1) is 37.5. The molecule has 5 atom stereocenters. The first-order valence-corrected chi connectivity index (χ1v) is 27.4. The van der Waals surface area contributed by atoms with E-state index in [1.165, 1.54) is 12.1 Å². The van der Waals surface area contributed by atoms with E-state index >= 15 is 8.78 Å². The summed E-state index contributed by atoms with van der Waals surface area (Å²) in [6, 6.07) is 12.6. The second-order valence-corrected chi connectivity index (χ2v) is 22.8. The summed E-state index contributed by atoms with van der Waals surface area (Å²) in [5.41, 5.74) is 7.59. The van der Waals surface area contributed by atoms with E-state index < -0.39 is 34.9 Å². The molecule has 0 radical (unpaired) electrons. The number of aromatic nitrogens is 4. The number of ether oxygens (including phenoxy) is 3. The average molecular weight is 1100 g/mol. The minimum absolute atomic E-state index is 0.00477. The van der Waals surface area contributed by atoms with Crippen molar-refractivity contribution in [3.8, 4) is 40.3 Å². The Morgan fingerprint density at radius 2 is 1.85 bits per heavy atom. The number of halogens is 4. The van der Waals surface area contributed by atoms with Crippen LogP contribution in [0.4, 0.5) is 24.0 Å². The molecule has 4 saturated heterocycles. The van der Waals surface area contributed by atoms with E-state index in [9.17, 15) is 29.1 Å². The molecular formula is C57H51ClF3N9O7S. The van der Waals surface area contributed by atoms with E-state index in [1.54, 1.807) is 29.7 Å². The largest absolute Gasteiger partial charge is 0.489 e. The van der Waals surface area contributed by atoms with Crippen LogP contribution in [-0.2, 0) is 39.5 Å². The zero-order chi connectivity index (χ0) is 54.3. The zero-order valence-corrected chi connectivity index (χ0v) is 44.1. The highest BCUT2D eigenvalue weighted by Crippen LogP contribution is 2.48. The number of amides is 1. The number of cyclic esters (lactones) is 1. The molecular weight excluding hydrogens is 1050 g/mol. The van der Waals surface area contributed by atoms with Crippen molar-refractivity contribution in [2.45, 2.75) is 101 Å². The molecule has 16 nitrogen and oxygen atoms in total. The van der Waals surface area contributed by atoms with Gasteiger partial charge in [-0.2, -0.15) is 15.2 Å². The SMILES string of the molecule is C=C(COc1ccc2nc3c(c(CC)c2c1)Cn1c-3cc2c(c1=O)COC(=O)[C@]2(O)CC)C(=O)N1C2CCC1CN(c1nc(OC[C@@]34CCCN3C[C@H](F)C4)nc3c(F)c(-c4ccc(F)c5sc(N)c(C#N)c45)c(Cl)cc13)C2. The number of hydrogen-bond acceptors (Lipinski definition) is 15. The summed E-state index contributed by atoms with van der Waals surface area (Å²) in [5.74, 6) is -1.69. The van der Waals surface area contributed by atoms with Gasteiger partial charge in [0.25, 0.3) is 11.5 Å². The fourth-order valence-corrected chi connectivity index (χ4v) is 14.6. The van der Waals surface area contributed by atoms with Gasteiger partial charge in [-0.25, -0.2) is 22.9 Å². The van der Waals surface area contributed by atoms with E-state index in [2.05, 4.69) is 16.5 Å². The number of rotatable bonds is 11. The van der Waals surface area contributed by atoms with Gasteiger partial charge in [-0.05, 0) is 92.6 Å². The second kappa shape index (κ2) is 18.4. The molecule has 0 saturated carbocycles. The number of anilines is 2. The van der Waals surface area contributed by atoms with Crippen LogP contribution in [-0.4, -0.2) is 109 Å². The van der Waals surface area contributed by atoms with Gasteiger partial charge in [0.2, 0.25) is 0 Å². The average Bonchev–Trinajstić information content (AvgIpc) is 4.37. The molecule has 0 aliphatic carbocycles. The van der Waals surface area contributed by atoms with Crippen molar-refractivity contribution in [2.24, 2.45) is 0 Å². The number of aliphatic hydroxyl groups is 1. The van der Waals surface area contributed by atoms with Crippen LogP contribution in [0.3, 0.4) is 0 Å². The smallest absolute Gasteiger partial charge is 0.343 e. The van der Waals surface area contributed by atoms with E-state index in [0.717, 1.165) is 47.2 Å².